The molecule has 0 radical (unpaired) electrons. The fraction of sp³-hybridized carbons (Fsp3) is 0.250. The summed E-state index contributed by atoms with van der Waals surface area (Å²) in [6, 6.07) is 9.64. The summed E-state index contributed by atoms with van der Waals surface area (Å²) in [4.78, 5) is 12.5. The van der Waals surface area contributed by atoms with Crippen molar-refractivity contribution in [1.29, 1.82) is 0 Å². The fourth-order valence-electron chi connectivity index (χ4n) is 1.11. The Morgan fingerprint density at radius 2 is 1.93 bits per heavy atom. The van der Waals surface area contributed by atoms with Crippen molar-refractivity contribution in [3.8, 4) is 0 Å². The molecule has 0 heterocycles. The lowest BCUT2D eigenvalue weighted by molar-refractivity contribution is -0.107. The number of carbonyl (C=O) groups is 1. The summed E-state index contributed by atoms with van der Waals surface area (Å²) in [5.41, 5.74) is 2.15. The third-order valence-corrected chi connectivity index (χ3v) is 1.91. The van der Waals surface area contributed by atoms with Crippen LogP contribution < -0.4 is 4.90 Å². The highest BCUT2D eigenvalue weighted by Gasteiger charge is 2.00. The Morgan fingerprint density at radius 3 is 2.43 bits per heavy atom. The second-order valence-corrected chi connectivity index (χ2v) is 3.37. The smallest absolute Gasteiger partial charge is 0.214 e. The average Bonchev–Trinajstić information content (AvgIpc) is 2.20. The van der Waals surface area contributed by atoms with E-state index in [9.17, 15) is 4.79 Å². The predicted octanol–water partition coefficient (Wildman–Crippen LogP) is 2.62. The van der Waals surface area contributed by atoms with Crippen LogP contribution >= 0.6 is 0 Å². The molecule has 0 spiro atoms. The van der Waals surface area contributed by atoms with Crippen LogP contribution in [-0.2, 0) is 4.79 Å². The van der Waals surface area contributed by atoms with Gasteiger partial charge >= 0.3 is 0 Å². The van der Waals surface area contributed by atoms with Crippen molar-refractivity contribution < 1.29 is 4.79 Å². The quantitative estimate of drug-likeness (QED) is 0.526. The standard InChI is InChI=1S/C12H15NO/c1-11(2)8-9-13(10-14)12-6-4-3-5-7-12/h3-8,10H,9H2,1-2H3. The molecule has 0 N–H and O–H groups in total. The predicted molar refractivity (Wildman–Crippen MR) is 59.3 cm³/mol. The van der Waals surface area contributed by atoms with Crippen molar-refractivity contribution in [3.05, 3.63) is 42.0 Å². The molecule has 74 valence electrons. The van der Waals surface area contributed by atoms with Gasteiger partial charge in [0.05, 0.1) is 0 Å². The van der Waals surface area contributed by atoms with Gasteiger partial charge in [0.1, 0.15) is 0 Å². The molecule has 0 aliphatic rings. The van der Waals surface area contributed by atoms with E-state index < -0.39 is 0 Å². The van der Waals surface area contributed by atoms with Crippen LogP contribution in [0.15, 0.2) is 42.0 Å². The molecule has 0 atom stereocenters. The number of nitrogens with zero attached hydrogens (tertiary/aromatic N) is 1. The molecule has 1 amide bonds. The maximum absolute atomic E-state index is 10.8. The first-order chi connectivity index (χ1) is 6.74. The minimum absolute atomic E-state index is 0.635. The summed E-state index contributed by atoms with van der Waals surface area (Å²) in [5.74, 6) is 0. The van der Waals surface area contributed by atoms with Crippen LogP contribution in [0.25, 0.3) is 0 Å². The number of anilines is 1. The largest absolute Gasteiger partial charge is 0.311 e. The molecule has 2 nitrogen and oxygen atoms in total. The highest BCUT2D eigenvalue weighted by atomic mass is 16.1. The molecule has 1 aromatic carbocycles. The van der Waals surface area contributed by atoms with Crippen molar-refractivity contribution in [2.75, 3.05) is 11.4 Å². The van der Waals surface area contributed by atoms with E-state index in [2.05, 4.69) is 0 Å². The third-order valence-electron chi connectivity index (χ3n) is 1.91. The van der Waals surface area contributed by atoms with Gasteiger partial charge in [-0.3, -0.25) is 4.79 Å². The molecule has 0 aliphatic heterocycles. The van der Waals surface area contributed by atoms with Crippen molar-refractivity contribution in [2.45, 2.75) is 13.8 Å². The molecular formula is C12H15NO. The Labute approximate surface area is 84.9 Å². The van der Waals surface area contributed by atoms with Gasteiger partial charge < -0.3 is 4.90 Å². The first kappa shape index (κ1) is 10.5. The van der Waals surface area contributed by atoms with Crippen molar-refractivity contribution >= 4 is 12.1 Å². The number of allylic oxidation sites excluding steroid dienone is 1. The molecular weight excluding hydrogens is 174 g/mol. The summed E-state index contributed by atoms with van der Waals surface area (Å²) in [6.45, 7) is 4.68. The number of para-hydroxylation sites is 1. The van der Waals surface area contributed by atoms with Crippen molar-refractivity contribution in [2.24, 2.45) is 0 Å². The fourth-order valence-corrected chi connectivity index (χ4v) is 1.11. The summed E-state index contributed by atoms with van der Waals surface area (Å²) in [5, 5.41) is 0. The van der Waals surface area contributed by atoms with Crippen LogP contribution in [0.3, 0.4) is 0 Å². The number of amides is 1. The highest BCUT2D eigenvalue weighted by molar-refractivity contribution is 5.75. The topological polar surface area (TPSA) is 20.3 Å². The van der Waals surface area contributed by atoms with Crippen LogP contribution in [0.2, 0.25) is 0 Å². The molecule has 14 heavy (non-hydrogen) atoms. The van der Waals surface area contributed by atoms with Gasteiger partial charge in [0.2, 0.25) is 6.41 Å². The minimum atomic E-state index is 0.635. The lowest BCUT2D eigenvalue weighted by Crippen LogP contribution is -2.20. The van der Waals surface area contributed by atoms with E-state index in [0.717, 1.165) is 12.1 Å². The van der Waals surface area contributed by atoms with Crippen LogP contribution in [0.4, 0.5) is 5.69 Å². The third kappa shape index (κ3) is 3.05. The Kier molecular flexibility index (Phi) is 3.92. The zero-order chi connectivity index (χ0) is 10.4. The van der Waals surface area contributed by atoms with Gasteiger partial charge in [0, 0.05) is 12.2 Å². The first-order valence-corrected chi connectivity index (χ1v) is 4.64. The zero-order valence-electron chi connectivity index (χ0n) is 8.60. The zero-order valence-corrected chi connectivity index (χ0v) is 8.60. The van der Waals surface area contributed by atoms with Gasteiger partial charge in [0.15, 0.2) is 0 Å². The summed E-state index contributed by atoms with van der Waals surface area (Å²) < 4.78 is 0. The number of carbonyl (C=O) groups excluding carboxylic acids is 1. The van der Waals surface area contributed by atoms with Crippen LogP contribution in [0.1, 0.15) is 13.8 Å². The molecule has 0 fully saturated rings. The Balaban J connectivity index is 2.73. The number of benzene rings is 1. The summed E-state index contributed by atoms with van der Waals surface area (Å²) >= 11 is 0. The van der Waals surface area contributed by atoms with Crippen molar-refractivity contribution in [1.82, 2.24) is 0 Å². The van der Waals surface area contributed by atoms with Crippen LogP contribution in [0, 0.1) is 0 Å². The van der Waals surface area contributed by atoms with Gasteiger partial charge in [-0.05, 0) is 26.0 Å². The van der Waals surface area contributed by atoms with Crippen molar-refractivity contribution in [3.63, 3.8) is 0 Å². The Morgan fingerprint density at radius 1 is 1.29 bits per heavy atom. The van der Waals surface area contributed by atoms with E-state index in [1.165, 1.54) is 5.57 Å². The van der Waals surface area contributed by atoms with E-state index in [0.29, 0.717) is 6.54 Å². The van der Waals surface area contributed by atoms with Gasteiger partial charge in [-0.15, -0.1) is 0 Å². The maximum Gasteiger partial charge on any atom is 0.214 e. The van der Waals surface area contributed by atoms with E-state index in [1.54, 1.807) is 4.90 Å². The first-order valence-electron chi connectivity index (χ1n) is 4.64. The summed E-state index contributed by atoms with van der Waals surface area (Å²) in [6.07, 6.45) is 2.89. The lowest BCUT2D eigenvalue weighted by Gasteiger charge is -2.15. The second kappa shape index (κ2) is 5.22. The maximum atomic E-state index is 10.8. The molecule has 2 heteroatoms. The molecule has 0 aromatic heterocycles. The SMILES string of the molecule is CC(C)=CCN(C=O)c1ccccc1. The van der Waals surface area contributed by atoms with E-state index in [4.69, 9.17) is 0 Å². The highest BCUT2D eigenvalue weighted by Crippen LogP contribution is 2.11. The molecule has 0 unspecified atom stereocenters. The molecule has 0 aliphatic carbocycles. The monoisotopic (exact) mass is 189 g/mol. The number of rotatable bonds is 4. The normalized spacial score (nSPS) is 9.29. The number of hydrogen-bond donors (Lipinski definition) is 0. The molecule has 0 saturated carbocycles. The molecule has 0 saturated heterocycles. The molecule has 1 aromatic rings. The second-order valence-electron chi connectivity index (χ2n) is 3.37. The van der Waals surface area contributed by atoms with Crippen LogP contribution in [-0.4, -0.2) is 13.0 Å². The Hall–Kier alpha value is -1.57. The Bertz CT molecular complexity index is 312. The van der Waals surface area contributed by atoms with Crippen LogP contribution in [0.5, 0.6) is 0 Å². The molecule has 1 rings (SSSR count). The average molecular weight is 189 g/mol. The minimum Gasteiger partial charge on any atom is -0.311 e. The molecule has 0 bridgehead atoms. The van der Waals surface area contributed by atoms with E-state index in [1.807, 2.05) is 50.3 Å². The van der Waals surface area contributed by atoms with Gasteiger partial charge in [-0.2, -0.15) is 0 Å². The number of hydrogen-bond acceptors (Lipinski definition) is 1. The van der Waals surface area contributed by atoms with Gasteiger partial charge in [0.25, 0.3) is 0 Å². The lowest BCUT2D eigenvalue weighted by atomic mass is 10.2. The van der Waals surface area contributed by atoms with E-state index in [-0.39, 0.29) is 0 Å². The summed E-state index contributed by atoms with van der Waals surface area (Å²) in [7, 11) is 0. The van der Waals surface area contributed by atoms with Gasteiger partial charge in [-0.1, -0.05) is 29.8 Å². The van der Waals surface area contributed by atoms with E-state index >= 15 is 0 Å². The van der Waals surface area contributed by atoms with Gasteiger partial charge in [-0.25, -0.2) is 0 Å².